The van der Waals surface area contributed by atoms with Gasteiger partial charge in [-0.15, -0.1) is 0 Å². The van der Waals surface area contributed by atoms with E-state index in [1.807, 2.05) is 13.0 Å². The van der Waals surface area contributed by atoms with Gasteiger partial charge in [-0.2, -0.15) is 4.31 Å². The number of nitrogens with zero attached hydrogens (tertiary/aromatic N) is 2. The van der Waals surface area contributed by atoms with Crippen LogP contribution < -0.4 is 10.1 Å². The third kappa shape index (κ3) is 5.33. The van der Waals surface area contributed by atoms with Gasteiger partial charge in [0, 0.05) is 24.8 Å². The summed E-state index contributed by atoms with van der Waals surface area (Å²) in [6, 6.07) is 10.6. The molecule has 1 atom stereocenters. The van der Waals surface area contributed by atoms with Crippen molar-refractivity contribution in [2.24, 2.45) is 0 Å². The summed E-state index contributed by atoms with van der Waals surface area (Å²) in [6.45, 7) is 7.17. The summed E-state index contributed by atoms with van der Waals surface area (Å²) in [5, 5.41) is 14.2. The molecule has 162 valence electrons. The van der Waals surface area contributed by atoms with Crippen LogP contribution in [0.2, 0.25) is 0 Å². The number of nitrogens with one attached hydrogen (secondary N) is 1. The van der Waals surface area contributed by atoms with E-state index in [2.05, 4.69) is 5.32 Å². The van der Waals surface area contributed by atoms with Gasteiger partial charge in [0.2, 0.25) is 10.0 Å². The van der Waals surface area contributed by atoms with Gasteiger partial charge < -0.3 is 10.1 Å². The van der Waals surface area contributed by atoms with Gasteiger partial charge in [0.15, 0.2) is 11.9 Å². The standard InChI is InChI=1S/C20H25N3O6S/c1-5-22(6-2)30(27,28)17-10-11-19(18(13-17)23(25)26)29-15(4)20(24)21-16-9-7-8-14(3)12-16/h7-13,15H,5-6H2,1-4H3,(H,21,24). The lowest BCUT2D eigenvalue weighted by atomic mass is 10.2. The maximum atomic E-state index is 12.6. The Hall–Kier alpha value is -2.98. The van der Waals surface area contributed by atoms with Crippen molar-refractivity contribution in [1.29, 1.82) is 0 Å². The van der Waals surface area contributed by atoms with Crippen molar-refractivity contribution in [3.63, 3.8) is 0 Å². The molecule has 0 fully saturated rings. The van der Waals surface area contributed by atoms with E-state index >= 15 is 0 Å². The van der Waals surface area contributed by atoms with Crippen molar-refractivity contribution in [1.82, 2.24) is 4.31 Å². The fraction of sp³-hybridized carbons (Fsp3) is 0.350. The first-order valence-corrected chi connectivity index (χ1v) is 10.9. The van der Waals surface area contributed by atoms with Crippen molar-refractivity contribution in [2.75, 3.05) is 18.4 Å². The second-order valence-electron chi connectivity index (χ2n) is 6.59. The Bertz CT molecular complexity index is 1030. The van der Waals surface area contributed by atoms with E-state index in [1.165, 1.54) is 23.4 Å². The van der Waals surface area contributed by atoms with Gasteiger partial charge in [0.25, 0.3) is 5.91 Å². The highest BCUT2D eigenvalue weighted by atomic mass is 32.2. The van der Waals surface area contributed by atoms with Crippen LogP contribution in [0.15, 0.2) is 47.4 Å². The van der Waals surface area contributed by atoms with Crippen molar-refractivity contribution >= 4 is 27.3 Å². The minimum Gasteiger partial charge on any atom is -0.474 e. The van der Waals surface area contributed by atoms with Crippen LogP contribution in [0, 0.1) is 17.0 Å². The number of amides is 1. The number of anilines is 1. The van der Waals surface area contributed by atoms with Crippen LogP contribution in [0.25, 0.3) is 0 Å². The summed E-state index contributed by atoms with van der Waals surface area (Å²) in [5.74, 6) is -0.680. The second kappa shape index (κ2) is 9.68. The molecular weight excluding hydrogens is 410 g/mol. The van der Waals surface area contributed by atoms with Crippen LogP contribution in [0.1, 0.15) is 26.3 Å². The summed E-state index contributed by atoms with van der Waals surface area (Å²) in [5.41, 5.74) is 1.01. The molecule has 0 bridgehead atoms. The highest BCUT2D eigenvalue weighted by Crippen LogP contribution is 2.31. The number of carbonyl (C=O) groups excluding carboxylic acids is 1. The fourth-order valence-corrected chi connectivity index (χ4v) is 4.30. The molecule has 1 N–H and O–H groups in total. The zero-order valence-corrected chi connectivity index (χ0v) is 18.1. The number of sulfonamides is 1. The summed E-state index contributed by atoms with van der Waals surface area (Å²) in [6.07, 6.45) is -1.05. The number of carbonyl (C=O) groups is 1. The van der Waals surface area contributed by atoms with Gasteiger partial charge in [0.05, 0.1) is 9.82 Å². The predicted octanol–water partition coefficient (Wildman–Crippen LogP) is 3.34. The highest BCUT2D eigenvalue weighted by molar-refractivity contribution is 7.89. The van der Waals surface area contributed by atoms with Crippen LogP contribution in [0.5, 0.6) is 5.75 Å². The zero-order valence-electron chi connectivity index (χ0n) is 17.3. The Morgan fingerprint density at radius 1 is 1.20 bits per heavy atom. The Morgan fingerprint density at radius 2 is 1.87 bits per heavy atom. The second-order valence-corrected chi connectivity index (χ2v) is 8.53. The van der Waals surface area contributed by atoms with Gasteiger partial charge in [-0.05, 0) is 43.7 Å². The van der Waals surface area contributed by atoms with E-state index in [4.69, 9.17) is 4.74 Å². The lowest BCUT2D eigenvalue weighted by Crippen LogP contribution is -2.31. The first-order valence-electron chi connectivity index (χ1n) is 9.42. The average molecular weight is 436 g/mol. The van der Waals surface area contributed by atoms with Gasteiger partial charge >= 0.3 is 5.69 Å². The number of hydrogen-bond acceptors (Lipinski definition) is 6. The largest absolute Gasteiger partial charge is 0.474 e. The van der Waals surface area contributed by atoms with Crippen molar-refractivity contribution < 1.29 is 22.9 Å². The van der Waals surface area contributed by atoms with Crippen LogP contribution >= 0.6 is 0 Å². The Labute approximate surface area is 175 Å². The smallest absolute Gasteiger partial charge is 0.312 e. The predicted molar refractivity (Wildman–Crippen MR) is 113 cm³/mol. The highest BCUT2D eigenvalue weighted by Gasteiger charge is 2.27. The molecule has 9 nitrogen and oxygen atoms in total. The van der Waals surface area contributed by atoms with Gasteiger partial charge in [0.1, 0.15) is 0 Å². The number of nitro benzene ring substituents is 1. The molecule has 0 aliphatic rings. The zero-order chi connectivity index (χ0) is 22.5. The normalized spacial score (nSPS) is 12.4. The number of aryl methyl sites for hydroxylation is 1. The molecule has 2 aromatic rings. The van der Waals surface area contributed by atoms with Gasteiger partial charge in [-0.3, -0.25) is 14.9 Å². The number of rotatable bonds is 9. The van der Waals surface area contributed by atoms with E-state index < -0.39 is 32.6 Å². The molecule has 0 radical (unpaired) electrons. The number of benzene rings is 2. The van der Waals surface area contributed by atoms with E-state index in [-0.39, 0.29) is 23.7 Å². The minimum absolute atomic E-state index is 0.189. The summed E-state index contributed by atoms with van der Waals surface area (Å²) < 4.78 is 32.0. The molecule has 30 heavy (non-hydrogen) atoms. The van der Waals surface area contributed by atoms with Crippen LogP contribution in [-0.2, 0) is 14.8 Å². The van der Waals surface area contributed by atoms with Crippen molar-refractivity contribution in [3.8, 4) is 5.75 Å². The van der Waals surface area contributed by atoms with Gasteiger partial charge in [-0.25, -0.2) is 8.42 Å². The summed E-state index contributed by atoms with van der Waals surface area (Å²) in [7, 11) is -3.87. The quantitative estimate of drug-likeness (QED) is 0.477. The lowest BCUT2D eigenvalue weighted by Gasteiger charge is -2.19. The van der Waals surface area contributed by atoms with Crippen LogP contribution in [-0.4, -0.2) is 42.7 Å². The monoisotopic (exact) mass is 435 g/mol. The van der Waals surface area contributed by atoms with Crippen molar-refractivity contribution in [3.05, 3.63) is 58.1 Å². The molecule has 0 spiro atoms. The Kier molecular flexibility index (Phi) is 7.52. The van der Waals surface area contributed by atoms with Gasteiger partial charge in [-0.1, -0.05) is 26.0 Å². The maximum Gasteiger partial charge on any atom is 0.312 e. The molecule has 0 saturated heterocycles. The average Bonchev–Trinajstić information content (AvgIpc) is 2.68. The molecule has 0 aromatic heterocycles. The number of hydrogen-bond donors (Lipinski definition) is 1. The molecule has 2 rings (SSSR count). The molecule has 0 aliphatic carbocycles. The molecule has 0 aliphatic heterocycles. The first kappa shape index (κ1) is 23.3. The third-order valence-electron chi connectivity index (χ3n) is 4.43. The Morgan fingerprint density at radius 3 is 2.43 bits per heavy atom. The lowest BCUT2D eigenvalue weighted by molar-refractivity contribution is -0.386. The third-order valence-corrected chi connectivity index (χ3v) is 6.47. The topological polar surface area (TPSA) is 119 Å². The fourth-order valence-electron chi connectivity index (χ4n) is 2.82. The molecule has 1 unspecified atom stereocenters. The summed E-state index contributed by atoms with van der Waals surface area (Å²) in [4.78, 5) is 23.0. The van der Waals surface area contributed by atoms with Crippen LogP contribution in [0.3, 0.4) is 0 Å². The first-order chi connectivity index (χ1) is 14.1. The SMILES string of the molecule is CCN(CC)S(=O)(=O)c1ccc(OC(C)C(=O)Nc2cccc(C)c2)c([N+](=O)[O-])c1. The molecule has 2 aromatic carbocycles. The number of nitro groups is 1. The van der Waals surface area contributed by atoms with E-state index in [1.54, 1.807) is 32.0 Å². The summed E-state index contributed by atoms with van der Waals surface area (Å²) >= 11 is 0. The van der Waals surface area contributed by atoms with Crippen LogP contribution in [0.4, 0.5) is 11.4 Å². The number of ether oxygens (including phenoxy) is 1. The maximum absolute atomic E-state index is 12.6. The molecule has 10 heteroatoms. The minimum atomic E-state index is -3.87. The van der Waals surface area contributed by atoms with E-state index in [0.717, 1.165) is 11.6 Å². The van der Waals surface area contributed by atoms with Crippen molar-refractivity contribution in [2.45, 2.75) is 38.7 Å². The molecule has 0 saturated carbocycles. The van der Waals surface area contributed by atoms with E-state index in [9.17, 15) is 23.3 Å². The molecule has 0 heterocycles. The molecular formula is C20H25N3O6S. The Balaban J connectivity index is 2.27. The molecule has 1 amide bonds. The van der Waals surface area contributed by atoms with E-state index in [0.29, 0.717) is 5.69 Å².